The predicted molar refractivity (Wildman–Crippen MR) is 61.5 cm³/mol. The number of likely N-dealkylation sites (tertiary alicyclic amines) is 1. The third-order valence-corrected chi connectivity index (χ3v) is 2.94. The standard InChI is InChI=1S/C12H16N2O3/c1-13-6-4-5-10(13)12(16)17-9-11(15)14-7-2-3-8-14/h4-6H,2-3,7-9H2,1H3. The van der Waals surface area contributed by atoms with Crippen LogP contribution < -0.4 is 0 Å². The van der Waals surface area contributed by atoms with E-state index in [0.29, 0.717) is 5.69 Å². The number of hydrogen-bond donors (Lipinski definition) is 0. The number of nitrogens with zero attached hydrogens (tertiary/aromatic N) is 2. The zero-order valence-electron chi connectivity index (χ0n) is 9.89. The van der Waals surface area contributed by atoms with Crippen LogP contribution >= 0.6 is 0 Å². The first-order valence-electron chi connectivity index (χ1n) is 5.75. The Morgan fingerprint density at radius 3 is 2.65 bits per heavy atom. The van der Waals surface area contributed by atoms with Gasteiger partial charge in [0.15, 0.2) is 6.61 Å². The van der Waals surface area contributed by atoms with E-state index in [1.165, 1.54) is 0 Å². The topological polar surface area (TPSA) is 51.5 Å². The maximum absolute atomic E-state index is 11.6. The number of esters is 1. The third kappa shape index (κ3) is 2.67. The van der Waals surface area contributed by atoms with Gasteiger partial charge in [-0.2, -0.15) is 0 Å². The summed E-state index contributed by atoms with van der Waals surface area (Å²) < 4.78 is 6.66. The summed E-state index contributed by atoms with van der Waals surface area (Å²) in [5, 5.41) is 0. The summed E-state index contributed by atoms with van der Waals surface area (Å²) >= 11 is 0. The van der Waals surface area contributed by atoms with E-state index >= 15 is 0 Å². The van der Waals surface area contributed by atoms with Crippen molar-refractivity contribution in [3.05, 3.63) is 24.0 Å². The SMILES string of the molecule is Cn1cccc1C(=O)OCC(=O)N1CCCC1. The Bertz CT molecular complexity index is 419. The number of rotatable bonds is 3. The van der Waals surface area contributed by atoms with Gasteiger partial charge in [-0.3, -0.25) is 4.79 Å². The summed E-state index contributed by atoms with van der Waals surface area (Å²) in [4.78, 5) is 25.0. The lowest BCUT2D eigenvalue weighted by Gasteiger charge is -2.14. The Balaban J connectivity index is 1.84. The van der Waals surface area contributed by atoms with Gasteiger partial charge in [0.25, 0.3) is 5.91 Å². The molecular formula is C12H16N2O3. The largest absolute Gasteiger partial charge is 0.451 e. The van der Waals surface area contributed by atoms with Gasteiger partial charge in [-0.15, -0.1) is 0 Å². The molecule has 0 bridgehead atoms. The molecular weight excluding hydrogens is 220 g/mol. The van der Waals surface area contributed by atoms with Crippen LogP contribution in [0, 0.1) is 0 Å². The molecule has 17 heavy (non-hydrogen) atoms. The molecule has 0 spiro atoms. The zero-order chi connectivity index (χ0) is 12.3. The van der Waals surface area contributed by atoms with Crippen molar-refractivity contribution in [2.75, 3.05) is 19.7 Å². The van der Waals surface area contributed by atoms with Gasteiger partial charge < -0.3 is 14.2 Å². The molecule has 92 valence electrons. The van der Waals surface area contributed by atoms with Gasteiger partial charge in [0.05, 0.1) is 0 Å². The number of amides is 1. The molecule has 1 aromatic rings. The first kappa shape index (κ1) is 11.7. The Morgan fingerprint density at radius 1 is 1.35 bits per heavy atom. The Labute approximate surface area is 100.0 Å². The zero-order valence-corrected chi connectivity index (χ0v) is 9.89. The molecule has 0 aromatic carbocycles. The van der Waals surface area contributed by atoms with Crippen LogP contribution in [0.4, 0.5) is 0 Å². The van der Waals surface area contributed by atoms with Gasteiger partial charge in [-0.1, -0.05) is 0 Å². The molecule has 2 heterocycles. The number of hydrogen-bond acceptors (Lipinski definition) is 3. The molecule has 5 heteroatoms. The quantitative estimate of drug-likeness (QED) is 0.729. The maximum atomic E-state index is 11.6. The number of aryl methyl sites for hydroxylation is 1. The second kappa shape index (κ2) is 5.03. The fourth-order valence-corrected chi connectivity index (χ4v) is 1.93. The Hall–Kier alpha value is -1.78. The summed E-state index contributed by atoms with van der Waals surface area (Å²) in [7, 11) is 1.76. The minimum atomic E-state index is -0.454. The summed E-state index contributed by atoms with van der Waals surface area (Å²) in [5.74, 6) is -0.560. The van der Waals surface area contributed by atoms with E-state index in [1.807, 2.05) is 0 Å². The molecule has 0 atom stereocenters. The molecule has 1 saturated heterocycles. The second-order valence-corrected chi connectivity index (χ2v) is 4.17. The van der Waals surface area contributed by atoms with Crippen LogP contribution in [0.25, 0.3) is 0 Å². The molecule has 1 aliphatic heterocycles. The van der Waals surface area contributed by atoms with Crippen LogP contribution in [-0.4, -0.2) is 41.0 Å². The van der Waals surface area contributed by atoms with E-state index in [1.54, 1.807) is 34.8 Å². The lowest BCUT2D eigenvalue weighted by atomic mass is 10.4. The minimum Gasteiger partial charge on any atom is -0.451 e. The molecule has 0 saturated carbocycles. The van der Waals surface area contributed by atoms with Crippen molar-refractivity contribution in [3.63, 3.8) is 0 Å². The van der Waals surface area contributed by atoms with Crippen LogP contribution in [0.15, 0.2) is 18.3 Å². The second-order valence-electron chi connectivity index (χ2n) is 4.17. The number of carbonyl (C=O) groups is 2. The van der Waals surface area contributed by atoms with Crippen molar-refractivity contribution in [3.8, 4) is 0 Å². The van der Waals surface area contributed by atoms with E-state index in [-0.39, 0.29) is 12.5 Å². The minimum absolute atomic E-state index is 0.106. The smallest absolute Gasteiger partial charge is 0.355 e. The molecule has 5 nitrogen and oxygen atoms in total. The number of ether oxygens (including phenoxy) is 1. The van der Waals surface area contributed by atoms with Gasteiger partial charge >= 0.3 is 5.97 Å². The molecule has 1 aliphatic rings. The highest BCUT2D eigenvalue weighted by Crippen LogP contribution is 2.08. The van der Waals surface area contributed by atoms with Crippen molar-refractivity contribution in [2.45, 2.75) is 12.8 Å². The van der Waals surface area contributed by atoms with Gasteiger partial charge in [0.1, 0.15) is 5.69 Å². The number of aromatic nitrogens is 1. The fourth-order valence-electron chi connectivity index (χ4n) is 1.93. The van der Waals surface area contributed by atoms with Crippen LogP contribution in [0.5, 0.6) is 0 Å². The highest BCUT2D eigenvalue weighted by Gasteiger charge is 2.20. The number of carbonyl (C=O) groups excluding carboxylic acids is 2. The summed E-state index contributed by atoms with van der Waals surface area (Å²) in [6.45, 7) is 1.39. The molecule has 0 N–H and O–H groups in total. The van der Waals surface area contributed by atoms with Crippen LogP contribution in [0.1, 0.15) is 23.3 Å². The van der Waals surface area contributed by atoms with Crippen molar-refractivity contribution < 1.29 is 14.3 Å². The third-order valence-electron chi connectivity index (χ3n) is 2.94. The average Bonchev–Trinajstić information content (AvgIpc) is 2.95. The van der Waals surface area contributed by atoms with E-state index in [2.05, 4.69) is 0 Å². The lowest BCUT2D eigenvalue weighted by Crippen LogP contribution is -2.32. The summed E-state index contributed by atoms with van der Waals surface area (Å²) in [5.41, 5.74) is 0.458. The van der Waals surface area contributed by atoms with Crippen LogP contribution in [0.2, 0.25) is 0 Å². The molecule has 1 amide bonds. The summed E-state index contributed by atoms with van der Waals surface area (Å²) in [6.07, 6.45) is 3.84. The maximum Gasteiger partial charge on any atom is 0.355 e. The van der Waals surface area contributed by atoms with Crippen molar-refractivity contribution >= 4 is 11.9 Å². The molecule has 1 fully saturated rings. The lowest BCUT2D eigenvalue weighted by molar-refractivity contribution is -0.133. The van der Waals surface area contributed by atoms with E-state index in [4.69, 9.17) is 4.74 Å². The highest BCUT2D eigenvalue weighted by molar-refractivity contribution is 5.89. The van der Waals surface area contributed by atoms with Gasteiger partial charge in [0, 0.05) is 26.3 Å². The first-order chi connectivity index (χ1) is 8.18. The van der Waals surface area contributed by atoms with Crippen LogP contribution in [0.3, 0.4) is 0 Å². The highest BCUT2D eigenvalue weighted by atomic mass is 16.5. The molecule has 0 radical (unpaired) electrons. The predicted octanol–water partition coefficient (Wildman–Crippen LogP) is 0.804. The van der Waals surface area contributed by atoms with E-state index < -0.39 is 5.97 Å². The normalized spacial score (nSPS) is 15.0. The Kier molecular flexibility index (Phi) is 3.46. The molecule has 1 aromatic heterocycles. The van der Waals surface area contributed by atoms with E-state index in [0.717, 1.165) is 25.9 Å². The van der Waals surface area contributed by atoms with Gasteiger partial charge in [-0.25, -0.2) is 4.79 Å². The van der Waals surface area contributed by atoms with Crippen molar-refractivity contribution in [1.82, 2.24) is 9.47 Å². The first-order valence-corrected chi connectivity index (χ1v) is 5.75. The fraction of sp³-hybridized carbons (Fsp3) is 0.500. The average molecular weight is 236 g/mol. The summed E-state index contributed by atoms with van der Waals surface area (Å²) in [6, 6.07) is 3.43. The van der Waals surface area contributed by atoms with Crippen molar-refractivity contribution in [2.24, 2.45) is 7.05 Å². The van der Waals surface area contributed by atoms with Gasteiger partial charge in [0.2, 0.25) is 0 Å². The molecule has 2 rings (SSSR count). The van der Waals surface area contributed by atoms with Gasteiger partial charge in [-0.05, 0) is 25.0 Å². The van der Waals surface area contributed by atoms with Crippen LogP contribution in [-0.2, 0) is 16.6 Å². The Morgan fingerprint density at radius 2 is 2.06 bits per heavy atom. The van der Waals surface area contributed by atoms with E-state index in [9.17, 15) is 9.59 Å². The molecule has 0 aliphatic carbocycles. The molecule has 0 unspecified atom stereocenters. The van der Waals surface area contributed by atoms with Crippen molar-refractivity contribution in [1.29, 1.82) is 0 Å². The monoisotopic (exact) mass is 236 g/mol.